The Labute approximate surface area is 363 Å². The third-order valence-corrected chi connectivity index (χ3v) is 12.2. The van der Waals surface area contributed by atoms with Crippen molar-refractivity contribution < 1.29 is 0 Å². The maximum absolute atomic E-state index is 2.44. The van der Waals surface area contributed by atoms with Crippen molar-refractivity contribution in [2.24, 2.45) is 0 Å². The van der Waals surface area contributed by atoms with E-state index in [0.717, 1.165) is 0 Å². The Morgan fingerprint density at radius 2 is 0.339 bits per heavy atom. The van der Waals surface area contributed by atoms with E-state index in [1.54, 1.807) is 0 Å². The molecule has 0 unspecified atom stereocenters. The van der Waals surface area contributed by atoms with Crippen LogP contribution in [0.2, 0.25) is 0 Å². The summed E-state index contributed by atoms with van der Waals surface area (Å²) >= 11 is 0. The summed E-state index contributed by atoms with van der Waals surface area (Å²) in [6.07, 6.45) is 0. The summed E-state index contributed by atoms with van der Waals surface area (Å²) in [6, 6.07) is 93.1. The van der Waals surface area contributed by atoms with Gasteiger partial charge < -0.3 is 0 Å². The Bertz CT molecular complexity index is 2930. The number of fused-ring (bicyclic) bond motifs is 2. The Kier molecular flexibility index (Phi) is 9.65. The van der Waals surface area contributed by atoms with E-state index < -0.39 is 0 Å². The van der Waals surface area contributed by atoms with Gasteiger partial charge in [-0.05, 0) is 135 Å². The molecule has 0 heterocycles. The molecule has 0 saturated heterocycles. The molecule has 0 fully saturated rings. The highest BCUT2D eigenvalue weighted by Crippen LogP contribution is 2.50. The zero-order valence-electron chi connectivity index (χ0n) is 34.2. The van der Waals surface area contributed by atoms with Crippen LogP contribution in [0.25, 0.3) is 111 Å². The minimum Gasteiger partial charge on any atom is -0.0622 e. The first-order chi connectivity index (χ1) is 30.8. The second-order valence-corrected chi connectivity index (χ2v) is 15.9. The molecule has 0 heteroatoms. The van der Waals surface area contributed by atoms with Crippen molar-refractivity contribution >= 4 is 21.5 Å². The van der Waals surface area contributed by atoms with Gasteiger partial charge in [-0.2, -0.15) is 0 Å². The van der Waals surface area contributed by atoms with Gasteiger partial charge in [0.1, 0.15) is 0 Å². The lowest BCUT2D eigenvalue weighted by Crippen LogP contribution is -1.96. The van der Waals surface area contributed by atoms with E-state index in [9.17, 15) is 0 Å². The molecule has 11 aromatic carbocycles. The van der Waals surface area contributed by atoms with Gasteiger partial charge in [0.05, 0.1) is 0 Å². The fourth-order valence-electron chi connectivity index (χ4n) is 9.54. The van der Waals surface area contributed by atoms with Crippen molar-refractivity contribution in [2.45, 2.75) is 0 Å². The van der Waals surface area contributed by atoms with Crippen molar-refractivity contribution in [1.82, 2.24) is 0 Å². The first-order valence-corrected chi connectivity index (χ1v) is 21.4. The molecular formula is C62H42. The summed E-state index contributed by atoms with van der Waals surface area (Å²) in [5.74, 6) is 0. The zero-order chi connectivity index (χ0) is 41.2. The zero-order valence-corrected chi connectivity index (χ0v) is 34.2. The minimum atomic E-state index is 1.19. The summed E-state index contributed by atoms with van der Waals surface area (Å²) in [7, 11) is 0. The molecule has 0 aliphatic rings. The molecular weight excluding hydrogens is 745 g/mol. The third kappa shape index (κ3) is 6.69. The van der Waals surface area contributed by atoms with Crippen LogP contribution in [0.3, 0.4) is 0 Å². The van der Waals surface area contributed by atoms with Crippen LogP contribution in [0.1, 0.15) is 0 Å². The van der Waals surface area contributed by atoms with Crippen molar-refractivity contribution in [1.29, 1.82) is 0 Å². The van der Waals surface area contributed by atoms with Gasteiger partial charge in [0.25, 0.3) is 0 Å². The Morgan fingerprint density at radius 1 is 0.145 bits per heavy atom. The van der Waals surface area contributed by atoms with Gasteiger partial charge in [-0.3, -0.25) is 0 Å². The average Bonchev–Trinajstić information content (AvgIpc) is 3.36. The summed E-state index contributed by atoms with van der Waals surface area (Å²) in [5.41, 5.74) is 19.3. The van der Waals surface area contributed by atoms with E-state index in [4.69, 9.17) is 0 Å². The first kappa shape index (κ1) is 37.0. The van der Waals surface area contributed by atoms with Gasteiger partial charge in [0.2, 0.25) is 0 Å². The minimum absolute atomic E-state index is 1.19. The van der Waals surface area contributed by atoms with Crippen LogP contribution in [0.15, 0.2) is 255 Å². The molecule has 0 aliphatic carbocycles. The highest BCUT2D eigenvalue weighted by molar-refractivity contribution is 6.22. The van der Waals surface area contributed by atoms with E-state index in [1.807, 2.05) is 0 Å². The van der Waals surface area contributed by atoms with Gasteiger partial charge in [0, 0.05) is 0 Å². The number of rotatable bonds is 8. The fourth-order valence-corrected chi connectivity index (χ4v) is 9.54. The van der Waals surface area contributed by atoms with E-state index >= 15 is 0 Å². The molecule has 11 aromatic rings. The van der Waals surface area contributed by atoms with Crippen LogP contribution in [0, 0.1) is 0 Å². The molecule has 0 aromatic heterocycles. The summed E-state index contributed by atoms with van der Waals surface area (Å²) in [5, 5.41) is 4.89. The highest BCUT2D eigenvalue weighted by Gasteiger charge is 2.23. The SMILES string of the molecule is c1ccc(-c2cc(-c3c4ccccc4c(-c4cc(-c5ccccc5)c(-c5ccccc5)c(-c5ccccc5)c4)c4ccccc34)cc(-c3ccccc3)c2-c2ccccc2)cc1. The van der Waals surface area contributed by atoms with Crippen LogP contribution < -0.4 is 0 Å². The van der Waals surface area contributed by atoms with Crippen molar-refractivity contribution in [3.63, 3.8) is 0 Å². The quantitative estimate of drug-likeness (QED) is 0.135. The number of benzene rings is 11. The van der Waals surface area contributed by atoms with Gasteiger partial charge in [0.15, 0.2) is 0 Å². The highest BCUT2D eigenvalue weighted by atomic mass is 14.3. The van der Waals surface area contributed by atoms with E-state index in [1.165, 1.54) is 111 Å². The Hall–Kier alpha value is -8.06. The van der Waals surface area contributed by atoms with Crippen LogP contribution in [-0.2, 0) is 0 Å². The molecule has 0 amide bonds. The number of hydrogen-bond donors (Lipinski definition) is 0. The molecule has 0 radical (unpaired) electrons. The van der Waals surface area contributed by atoms with Crippen LogP contribution in [0.4, 0.5) is 0 Å². The molecule has 0 spiro atoms. The number of hydrogen-bond acceptors (Lipinski definition) is 0. The molecule has 0 atom stereocenters. The largest absolute Gasteiger partial charge is 0.0622 e. The van der Waals surface area contributed by atoms with E-state index in [-0.39, 0.29) is 0 Å². The lowest BCUT2D eigenvalue weighted by molar-refractivity contribution is 1.55. The molecule has 290 valence electrons. The van der Waals surface area contributed by atoms with Crippen LogP contribution in [-0.4, -0.2) is 0 Å². The van der Waals surface area contributed by atoms with Crippen molar-refractivity contribution in [3.8, 4) is 89.0 Å². The molecule has 0 aliphatic heterocycles. The topological polar surface area (TPSA) is 0 Å². The maximum Gasteiger partial charge on any atom is -0.00259 e. The van der Waals surface area contributed by atoms with Gasteiger partial charge in [-0.15, -0.1) is 0 Å². The summed E-state index contributed by atoms with van der Waals surface area (Å²) in [4.78, 5) is 0. The fraction of sp³-hybridized carbons (Fsp3) is 0. The smallest absolute Gasteiger partial charge is 0.00259 e. The monoisotopic (exact) mass is 786 g/mol. The average molecular weight is 787 g/mol. The molecule has 0 bridgehead atoms. The molecule has 0 nitrogen and oxygen atoms in total. The molecule has 11 rings (SSSR count). The molecule has 0 saturated carbocycles. The van der Waals surface area contributed by atoms with Crippen molar-refractivity contribution in [3.05, 3.63) is 255 Å². The molecule has 62 heavy (non-hydrogen) atoms. The standard InChI is InChI=1S/C62H42/c1-7-23-43(24-8-1)55-39-49(40-56(44-25-9-2-10-26-44)59(55)47-31-15-5-16-32-47)61-51-35-19-21-37-53(51)62(54-38-22-20-36-52(54)61)50-41-57(45-27-11-3-12-28-45)60(48-33-17-6-18-34-48)58(42-50)46-29-13-4-14-30-46/h1-42H. The summed E-state index contributed by atoms with van der Waals surface area (Å²) in [6.45, 7) is 0. The lowest BCUT2D eigenvalue weighted by atomic mass is 9.80. The van der Waals surface area contributed by atoms with Gasteiger partial charge >= 0.3 is 0 Å². The maximum atomic E-state index is 2.44. The predicted octanol–water partition coefficient (Wildman–Crippen LogP) is 17.3. The third-order valence-electron chi connectivity index (χ3n) is 12.2. The first-order valence-electron chi connectivity index (χ1n) is 21.4. The van der Waals surface area contributed by atoms with E-state index in [2.05, 4.69) is 255 Å². The van der Waals surface area contributed by atoms with Crippen LogP contribution in [0.5, 0.6) is 0 Å². The second-order valence-electron chi connectivity index (χ2n) is 15.9. The van der Waals surface area contributed by atoms with E-state index in [0.29, 0.717) is 0 Å². The summed E-state index contributed by atoms with van der Waals surface area (Å²) < 4.78 is 0. The lowest BCUT2D eigenvalue weighted by Gasteiger charge is -2.23. The Morgan fingerprint density at radius 3 is 0.565 bits per heavy atom. The van der Waals surface area contributed by atoms with Crippen LogP contribution >= 0.6 is 0 Å². The van der Waals surface area contributed by atoms with Crippen molar-refractivity contribution in [2.75, 3.05) is 0 Å². The molecule has 0 N–H and O–H groups in total. The van der Waals surface area contributed by atoms with Gasteiger partial charge in [-0.25, -0.2) is 0 Å². The van der Waals surface area contributed by atoms with Gasteiger partial charge in [-0.1, -0.05) is 231 Å². The normalized spacial score (nSPS) is 11.2. The predicted molar refractivity (Wildman–Crippen MR) is 265 cm³/mol. The second kappa shape index (κ2) is 16.2. The Balaban J connectivity index is 1.25.